The molecule has 4 heterocycles. The van der Waals surface area contributed by atoms with E-state index in [1.807, 2.05) is 52.0 Å². The fraction of sp³-hybridized carbons (Fsp3) is 0.660. The first-order valence-electron chi connectivity index (χ1n) is 26.3. The van der Waals surface area contributed by atoms with Gasteiger partial charge in [-0.2, -0.15) is 0 Å². The Morgan fingerprint density at radius 1 is 0.853 bits per heavy atom. The molecule has 3 fully saturated rings. The average molecular weight is 1070 g/mol. The lowest BCUT2D eigenvalue weighted by molar-refractivity contribution is -0.145. The summed E-state index contributed by atoms with van der Waals surface area (Å²) in [6, 6.07) is 2.33. The summed E-state index contributed by atoms with van der Waals surface area (Å²) >= 11 is 1.56. The molecule has 1 aromatic carbocycles. The molecule has 0 saturated carbocycles. The maximum absolute atomic E-state index is 14.1. The number of primary amides is 1. The van der Waals surface area contributed by atoms with Crippen molar-refractivity contribution in [3.05, 3.63) is 41.0 Å². The van der Waals surface area contributed by atoms with Gasteiger partial charge in [-0.25, -0.2) is 9.78 Å². The Morgan fingerprint density at radius 2 is 1.53 bits per heavy atom. The number of nitrogens with two attached hydrogens (primary N) is 1. The van der Waals surface area contributed by atoms with Crippen molar-refractivity contribution in [3.63, 3.8) is 0 Å². The number of hydrogen-bond donors (Lipinski definition) is 7. The van der Waals surface area contributed by atoms with Crippen LogP contribution in [0.1, 0.15) is 143 Å². The SMILES string of the molecule is CC(=O)N1CC[C@H]2CC[C@@H](C(=O)N[C@@H](CCC(N)=O)C(=O)NCCCCCCCCC(=O)N[C@H](C(=O)N3C[C@H](O)C[C@H]3C(=O)NCc3ccc(-c4scnc4C)cc3)C(C)(C)C)N2C(=O)[C@@H](NC(=O)OC(C)(C)C)C1. The molecule has 0 aliphatic carbocycles. The van der Waals surface area contributed by atoms with Crippen molar-refractivity contribution in [2.45, 2.75) is 193 Å². The highest BCUT2D eigenvalue weighted by molar-refractivity contribution is 7.13. The zero-order valence-corrected chi connectivity index (χ0v) is 45.8. The van der Waals surface area contributed by atoms with Crippen molar-refractivity contribution >= 4 is 64.7 Å². The number of rotatable bonds is 22. The number of aryl methyl sites for hydroxylation is 1. The van der Waals surface area contributed by atoms with Crippen molar-refractivity contribution in [2.75, 3.05) is 26.2 Å². The second kappa shape index (κ2) is 27.1. The van der Waals surface area contributed by atoms with E-state index in [-0.39, 0.29) is 69.5 Å². The van der Waals surface area contributed by atoms with Gasteiger partial charge in [0.1, 0.15) is 35.8 Å². The summed E-state index contributed by atoms with van der Waals surface area (Å²) in [6.45, 7) is 14.6. The summed E-state index contributed by atoms with van der Waals surface area (Å²) in [6.07, 6.45) is 3.83. The predicted octanol–water partition coefficient (Wildman–Crippen LogP) is 3.33. The van der Waals surface area contributed by atoms with Crippen LogP contribution in [-0.4, -0.2) is 152 Å². The van der Waals surface area contributed by atoms with E-state index in [0.29, 0.717) is 38.8 Å². The van der Waals surface area contributed by atoms with Crippen molar-refractivity contribution in [1.29, 1.82) is 0 Å². The van der Waals surface area contributed by atoms with Crippen LogP contribution in [0.4, 0.5) is 4.79 Å². The third-order valence-corrected chi connectivity index (χ3v) is 14.8. The van der Waals surface area contributed by atoms with Crippen molar-refractivity contribution in [1.82, 2.24) is 46.3 Å². The number of carbonyl (C=O) groups is 9. The minimum atomic E-state index is -1.19. The highest BCUT2D eigenvalue weighted by Gasteiger charge is 2.47. The van der Waals surface area contributed by atoms with Crippen LogP contribution in [0.15, 0.2) is 29.8 Å². The number of likely N-dealkylation sites (tertiary alicyclic amines) is 1. The summed E-state index contributed by atoms with van der Waals surface area (Å²) in [5, 5.41) is 24.7. The van der Waals surface area contributed by atoms with Gasteiger partial charge in [0.05, 0.1) is 28.7 Å². The summed E-state index contributed by atoms with van der Waals surface area (Å²) < 4.78 is 5.39. The van der Waals surface area contributed by atoms with Gasteiger partial charge in [-0.05, 0) is 82.8 Å². The van der Waals surface area contributed by atoms with Crippen LogP contribution in [-0.2, 0) is 49.6 Å². The van der Waals surface area contributed by atoms with Crippen LogP contribution in [0, 0.1) is 12.3 Å². The third kappa shape index (κ3) is 17.7. The molecular formula is C53H80N10O11S. The first-order chi connectivity index (χ1) is 35.3. The van der Waals surface area contributed by atoms with Gasteiger partial charge in [-0.3, -0.25) is 38.4 Å². The number of β-amino-alcohol motifs (C(OH)–C–C–N with tert-alkyl or cyclic N) is 1. The molecule has 0 bridgehead atoms. The Balaban J connectivity index is 1.04. The number of nitrogens with zero attached hydrogens (tertiary/aromatic N) is 4. The predicted molar refractivity (Wildman–Crippen MR) is 281 cm³/mol. The van der Waals surface area contributed by atoms with Crippen LogP contribution in [0.3, 0.4) is 0 Å². The van der Waals surface area contributed by atoms with Gasteiger partial charge in [-0.1, -0.05) is 70.7 Å². The first kappa shape index (κ1) is 59.7. The molecule has 1 aromatic heterocycles. The van der Waals surface area contributed by atoms with E-state index in [9.17, 15) is 48.3 Å². The van der Waals surface area contributed by atoms with E-state index >= 15 is 0 Å². The van der Waals surface area contributed by atoms with Gasteiger partial charge < -0.3 is 56.9 Å². The van der Waals surface area contributed by atoms with Gasteiger partial charge in [0.2, 0.25) is 47.3 Å². The molecule has 21 nitrogen and oxygen atoms in total. The van der Waals surface area contributed by atoms with E-state index in [4.69, 9.17) is 10.5 Å². The van der Waals surface area contributed by atoms with E-state index in [1.54, 1.807) is 37.6 Å². The molecule has 7 atom stereocenters. The maximum atomic E-state index is 14.1. The number of ether oxygens (including phenoxy) is 1. The summed E-state index contributed by atoms with van der Waals surface area (Å²) in [5.74, 6) is -3.64. The van der Waals surface area contributed by atoms with Crippen LogP contribution >= 0.6 is 11.3 Å². The van der Waals surface area contributed by atoms with Crippen molar-refractivity contribution in [2.24, 2.45) is 11.1 Å². The fourth-order valence-electron chi connectivity index (χ4n) is 9.76. The fourth-order valence-corrected chi connectivity index (χ4v) is 10.6. The average Bonchev–Trinajstić information content (AvgIpc) is 4.07. The number of aliphatic hydroxyl groups is 1. The van der Waals surface area contributed by atoms with E-state index in [1.165, 1.54) is 21.6 Å². The van der Waals surface area contributed by atoms with Crippen LogP contribution in [0.2, 0.25) is 0 Å². The molecule has 3 aliphatic heterocycles. The lowest BCUT2D eigenvalue weighted by Gasteiger charge is -2.38. The molecular weight excluding hydrogens is 985 g/mol. The second-order valence-corrected chi connectivity index (χ2v) is 23.0. The Morgan fingerprint density at radius 3 is 2.16 bits per heavy atom. The number of nitrogens with one attached hydrogen (secondary N) is 5. The molecule has 5 rings (SSSR count). The Hall–Kier alpha value is -6.16. The molecule has 0 spiro atoms. The van der Waals surface area contributed by atoms with Crippen LogP contribution in [0.25, 0.3) is 10.4 Å². The van der Waals surface area contributed by atoms with Gasteiger partial charge in [-0.15, -0.1) is 11.3 Å². The molecule has 9 amide bonds. The van der Waals surface area contributed by atoms with Crippen LogP contribution < -0.4 is 32.3 Å². The van der Waals surface area contributed by atoms with Gasteiger partial charge in [0.25, 0.3) is 0 Å². The number of benzene rings is 1. The summed E-state index contributed by atoms with van der Waals surface area (Å²) in [5.41, 5.74) is 8.55. The molecule has 414 valence electrons. The Bertz CT molecular complexity index is 2350. The summed E-state index contributed by atoms with van der Waals surface area (Å²) in [7, 11) is 0. The number of fused-ring (bicyclic) bond motifs is 1. The molecule has 3 aliphatic rings. The standard InChI is InChI=1S/C53H80N10O11S/c1-32-44(75-31-57-32)35-18-16-34(17-19-35)28-56-47(69)41-27-37(65)29-62(41)50(72)45(52(3,4)5)60-43(67)15-13-11-9-10-12-14-25-55-46(68)38(21-23-42(54)66)58-48(70)40-22-20-36-24-26-61(33(2)64)30-39(49(71)63(36)40)59-51(73)74-53(6,7)8/h16-19,31,36-41,45,65H,9-15,20-30H2,1-8H3,(H2,54,66)(H,55,68)(H,56,69)(H,58,70)(H,59,73)(H,60,67)/t36-,37-,38+,39+,40+,41+,45-/m1/s1. The monoisotopic (exact) mass is 1060 g/mol. The number of aliphatic hydroxyl groups excluding tert-OH is 1. The quantitative estimate of drug-likeness (QED) is 0.0837. The van der Waals surface area contributed by atoms with Crippen LogP contribution in [0.5, 0.6) is 0 Å². The summed E-state index contributed by atoms with van der Waals surface area (Å²) in [4.78, 5) is 129. The number of thiazole rings is 1. The maximum Gasteiger partial charge on any atom is 0.408 e. The second-order valence-electron chi connectivity index (χ2n) is 22.1. The highest BCUT2D eigenvalue weighted by atomic mass is 32.1. The molecule has 8 N–H and O–H groups in total. The van der Waals surface area contributed by atoms with E-state index < -0.39 is 89.0 Å². The number of alkyl carbamates (subject to hydrolysis) is 1. The first-order valence-corrected chi connectivity index (χ1v) is 27.2. The Labute approximate surface area is 444 Å². The number of carbonyl (C=O) groups excluding carboxylic acids is 9. The minimum absolute atomic E-state index is 0.0225. The zero-order chi connectivity index (χ0) is 55.2. The van der Waals surface area contributed by atoms with Crippen molar-refractivity contribution < 1.29 is 53.0 Å². The van der Waals surface area contributed by atoms with E-state index in [0.717, 1.165) is 47.4 Å². The molecule has 0 unspecified atom stereocenters. The van der Waals surface area contributed by atoms with E-state index in [2.05, 4.69) is 31.6 Å². The minimum Gasteiger partial charge on any atom is -0.444 e. The number of unbranched alkanes of at least 4 members (excludes halogenated alkanes) is 5. The van der Waals surface area contributed by atoms with Gasteiger partial charge in [0, 0.05) is 58.4 Å². The molecule has 2 aromatic rings. The molecule has 22 heteroatoms. The number of aromatic nitrogens is 1. The smallest absolute Gasteiger partial charge is 0.408 e. The topological polar surface area (TPSA) is 292 Å². The number of amides is 9. The lowest BCUT2D eigenvalue weighted by atomic mass is 9.85. The highest BCUT2D eigenvalue weighted by Crippen LogP contribution is 2.31. The third-order valence-electron chi connectivity index (χ3n) is 13.8. The lowest BCUT2D eigenvalue weighted by Crippen LogP contribution is -2.62. The largest absolute Gasteiger partial charge is 0.444 e. The molecule has 0 radical (unpaired) electrons. The van der Waals surface area contributed by atoms with Gasteiger partial charge in [0.15, 0.2) is 0 Å². The van der Waals surface area contributed by atoms with Crippen molar-refractivity contribution in [3.8, 4) is 10.4 Å². The normalized spacial score (nSPS) is 20.7. The van der Waals surface area contributed by atoms with Gasteiger partial charge >= 0.3 is 6.09 Å². The Kier molecular flexibility index (Phi) is 21.5. The molecule has 3 saturated heterocycles. The molecule has 75 heavy (non-hydrogen) atoms. The number of hydrogen-bond acceptors (Lipinski definition) is 13. The zero-order valence-electron chi connectivity index (χ0n) is 45.0.